The van der Waals surface area contributed by atoms with Crippen molar-refractivity contribution in [3.63, 3.8) is 0 Å². The van der Waals surface area contributed by atoms with Crippen molar-refractivity contribution in [2.24, 2.45) is 0 Å². The Morgan fingerprint density at radius 2 is 0.542 bits per heavy atom. The van der Waals surface area contributed by atoms with Gasteiger partial charge in [-0.2, -0.15) is 0 Å². The molecule has 226 valence electrons. The van der Waals surface area contributed by atoms with Crippen LogP contribution in [0.2, 0.25) is 0 Å². The summed E-state index contributed by atoms with van der Waals surface area (Å²) < 4.78 is 0. The second kappa shape index (κ2) is 13.0. The van der Waals surface area contributed by atoms with E-state index in [1.807, 2.05) is 84.9 Å². The highest BCUT2D eigenvalue weighted by atomic mass is 15.0. The van der Waals surface area contributed by atoms with Crippen LogP contribution in [0.15, 0.2) is 170 Å². The first kappa shape index (κ1) is 28.8. The Morgan fingerprint density at radius 3 is 0.854 bits per heavy atom. The van der Waals surface area contributed by atoms with Gasteiger partial charge in [0.05, 0.1) is 22.8 Å². The lowest BCUT2D eigenvalue weighted by molar-refractivity contribution is 1.07. The van der Waals surface area contributed by atoms with E-state index >= 15 is 0 Å². The minimum Gasteiger partial charge on any atom is -0.265 e. The zero-order chi connectivity index (χ0) is 32.1. The number of aromatic nitrogens is 6. The van der Waals surface area contributed by atoms with Gasteiger partial charge in [-0.25, -0.2) is 24.9 Å². The zero-order valence-electron chi connectivity index (χ0n) is 25.8. The second-order valence-electron chi connectivity index (χ2n) is 11.3. The highest BCUT2D eigenvalue weighted by Crippen LogP contribution is 2.33. The molecule has 0 saturated heterocycles. The second-order valence-corrected chi connectivity index (χ2v) is 11.3. The Kier molecular flexibility index (Phi) is 7.79. The van der Waals surface area contributed by atoms with Crippen LogP contribution < -0.4 is 0 Å². The third kappa shape index (κ3) is 6.10. The molecule has 8 aromatic rings. The molecule has 0 unspecified atom stereocenters. The summed E-state index contributed by atoms with van der Waals surface area (Å²) in [5, 5.41) is 0. The third-order valence-corrected chi connectivity index (χ3v) is 8.02. The molecule has 0 aliphatic carbocycles. The first-order valence-electron chi connectivity index (χ1n) is 15.7. The van der Waals surface area contributed by atoms with Crippen LogP contribution in [-0.2, 0) is 0 Å². The summed E-state index contributed by atoms with van der Waals surface area (Å²) in [5.74, 6) is 1.64. The van der Waals surface area contributed by atoms with Crippen LogP contribution in [0.5, 0.6) is 0 Å². The van der Waals surface area contributed by atoms with Crippen LogP contribution in [0, 0.1) is 0 Å². The summed E-state index contributed by atoms with van der Waals surface area (Å²) in [7, 11) is 0. The summed E-state index contributed by atoms with van der Waals surface area (Å²) in [5.41, 5.74) is 9.89. The molecule has 0 radical (unpaired) electrons. The van der Waals surface area contributed by atoms with E-state index in [2.05, 4.69) is 77.8 Å². The minimum absolute atomic E-state index is 0.544. The van der Waals surface area contributed by atoms with Crippen LogP contribution >= 0.6 is 0 Å². The lowest BCUT2D eigenvalue weighted by atomic mass is 10.0. The van der Waals surface area contributed by atoms with E-state index in [4.69, 9.17) is 24.9 Å². The Morgan fingerprint density at radius 1 is 0.250 bits per heavy atom. The van der Waals surface area contributed by atoms with Gasteiger partial charge >= 0.3 is 0 Å². The Hall–Kier alpha value is -6.66. The zero-order valence-corrected chi connectivity index (χ0v) is 25.8. The van der Waals surface area contributed by atoms with E-state index in [0.29, 0.717) is 17.5 Å². The number of pyridine rings is 3. The monoisotopic (exact) mass is 616 g/mol. The maximum absolute atomic E-state index is 5.15. The molecule has 0 saturated carbocycles. The molecule has 4 heterocycles. The van der Waals surface area contributed by atoms with Crippen LogP contribution in [0.3, 0.4) is 0 Å². The van der Waals surface area contributed by atoms with Gasteiger partial charge in [0, 0.05) is 51.3 Å². The molecule has 0 aliphatic rings. The van der Waals surface area contributed by atoms with Gasteiger partial charge in [-0.1, -0.05) is 121 Å². The lowest BCUT2D eigenvalue weighted by Gasteiger charge is -2.13. The molecule has 0 amide bonds. The molecule has 8 rings (SSSR count). The highest BCUT2D eigenvalue weighted by molar-refractivity contribution is 5.78. The quantitative estimate of drug-likeness (QED) is 0.177. The van der Waals surface area contributed by atoms with E-state index in [1.165, 1.54) is 0 Å². The smallest absolute Gasteiger partial charge is 0.164 e. The maximum Gasteiger partial charge on any atom is 0.164 e. The molecule has 0 fully saturated rings. The lowest BCUT2D eigenvalue weighted by Crippen LogP contribution is -2.02. The van der Waals surface area contributed by atoms with Crippen molar-refractivity contribution in [3.8, 4) is 79.2 Å². The van der Waals surface area contributed by atoms with Crippen molar-refractivity contribution < 1.29 is 0 Å². The predicted octanol–water partition coefficient (Wildman–Crippen LogP) is 9.73. The molecule has 48 heavy (non-hydrogen) atoms. The summed E-state index contributed by atoms with van der Waals surface area (Å²) in [6.07, 6.45) is 3.50. The largest absolute Gasteiger partial charge is 0.265 e. The van der Waals surface area contributed by atoms with Crippen molar-refractivity contribution in [2.75, 3.05) is 0 Å². The number of hydrogen-bond donors (Lipinski definition) is 0. The van der Waals surface area contributed by atoms with Crippen molar-refractivity contribution >= 4 is 0 Å². The SMILES string of the molecule is c1ccc(-c2cc(-c3nc(-c4ccncc4)nc(-c4cc(-c5ccccc5)nc(-c5ccccc5)c4)n3)cc(-c3ccccc3)n2)cc1. The number of rotatable bonds is 7. The molecule has 6 nitrogen and oxygen atoms in total. The topological polar surface area (TPSA) is 77.3 Å². The molecule has 0 atom stereocenters. The minimum atomic E-state index is 0.544. The predicted molar refractivity (Wildman–Crippen MR) is 191 cm³/mol. The van der Waals surface area contributed by atoms with Gasteiger partial charge < -0.3 is 0 Å². The molecule has 0 spiro atoms. The van der Waals surface area contributed by atoms with Crippen LogP contribution in [0.4, 0.5) is 0 Å². The summed E-state index contributed by atoms with van der Waals surface area (Å²) in [4.78, 5) is 29.6. The normalized spacial score (nSPS) is 10.9. The van der Waals surface area contributed by atoms with Gasteiger partial charge in [0.25, 0.3) is 0 Å². The Bertz CT molecular complexity index is 2050. The number of hydrogen-bond acceptors (Lipinski definition) is 6. The first-order chi connectivity index (χ1) is 23.8. The van der Waals surface area contributed by atoms with E-state index in [0.717, 1.165) is 61.7 Å². The first-order valence-corrected chi connectivity index (χ1v) is 15.7. The van der Waals surface area contributed by atoms with E-state index in [9.17, 15) is 0 Å². The maximum atomic E-state index is 5.15. The van der Waals surface area contributed by atoms with Crippen molar-refractivity contribution in [1.29, 1.82) is 0 Å². The van der Waals surface area contributed by atoms with Crippen LogP contribution in [0.25, 0.3) is 79.2 Å². The average molecular weight is 617 g/mol. The molecule has 0 aliphatic heterocycles. The summed E-state index contributed by atoms with van der Waals surface area (Å²) in [6.45, 7) is 0. The van der Waals surface area contributed by atoms with Crippen molar-refractivity contribution in [3.05, 3.63) is 170 Å². The molecular weight excluding hydrogens is 589 g/mol. The average Bonchev–Trinajstić information content (AvgIpc) is 3.19. The van der Waals surface area contributed by atoms with Gasteiger partial charge in [0.1, 0.15) is 0 Å². The van der Waals surface area contributed by atoms with E-state index in [1.54, 1.807) is 12.4 Å². The standard InChI is InChI=1S/C42H28N6/c1-5-13-29(14-6-1)36-25-34(26-37(44-36)30-15-7-2-8-16-30)41-46-40(33-21-23-43-24-22-33)47-42(48-41)35-27-38(31-17-9-3-10-18-31)45-39(28-35)32-19-11-4-12-20-32/h1-28H. The number of benzene rings is 4. The molecule has 4 aromatic carbocycles. The fourth-order valence-electron chi connectivity index (χ4n) is 5.61. The van der Waals surface area contributed by atoms with Crippen LogP contribution in [-0.4, -0.2) is 29.9 Å². The molecule has 4 aromatic heterocycles. The molecule has 0 bridgehead atoms. The van der Waals surface area contributed by atoms with Gasteiger partial charge in [-0.3, -0.25) is 4.98 Å². The molecule has 6 heteroatoms. The van der Waals surface area contributed by atoms with Gasteiger partial charge in [-0.15, -0.1) is 0 Å². The van der Waals surface area contributed by atoms with Crippen molar-refractivity contribution in [1.82, 2.24) is 29.9 Å². The third-order valence-electron chi connectivity index (χ3n) is 8.02. The summed E-state index contributed by atoms with van der Waals surface area (Å²) >= 11 is 0. The van der Waals surface area contributed by atoms with Gasteiger partial charge in [0.15, 0.2) is 17.5 Å². The van der Waals surface area contributed by atoms with Crippen LogP contribution in [0.1, 0.15) is 0 Å². The van der Waals surface area contributed by atoms with Gasteiger partial charge in [-0.05, 0) is 36.4 Å². The molecular formula is C42H28N6. The molecule has 0 N–H and O–H groups in total. The number of nitrogens with zero attached hydrogens (tertiary/aromatic N) is 6. The Balaban J connectivity index is 1.36. The summed E-state index contributed by atoms with van der Waals surface area (Å²) in [6, 6.07) is 52.7. The Labute approximate surface area is 278 Å². The van der Waals surface area contributed by atoms with Crippen molar-refractivity contribution in [2.45, 2.75) is 0 Å². The fourth-order valence-corrected chi connectivity index (χ4v) is 5.61. The van der Waals surface area contributed by atoms with E-state index < -0.39 is 0 Å². The van der Waals surface area contributed by atoms with E-state index in [-0.39, 0.29) is 0 Å². The highest BCUT2D eigenvalue weighted by Gasteiger charge is 2.17. The fraction of sp³-hybridized carbons (Fsp3) is 0. The van der Waals surface area contributed by atoms with Gasteiger partial charge in [0.2, 0.25) is 0 Å².